The van der Waals surface area contributed by atoms with E-state index in [1.165, 1.54) is 10.5 Å². The number of benzene rings is 1. The van der Waals surface area contributed by atoms with Gasteiger partial charge >= 0.3 is 0 Å². The highest BCUT2D eigenvalue weighted by molar-refractivity contribution is 7.93. The lowest BCUT2D eigenvalue weighted by molar-refractivity contribution is 0.0588. The van der Waals surface area contributed by atoms with Crippen molar-refractivity contribution in [1.82, 2.24) is 9.88 Å². The van der Waals surface area contributed by atoms with E-state index in [2.05, 4.69) is 4.98 Å². The summed E-state index contributed by atoms with van der Waals surface area (Å²) in [6.07, 6.45) is 4.44. The molecule has 1 aliphatic heterocycles. The number of amides is 1. The van der Waals surface area contributed by atoms with Crippen molar-refractivity contribution in [2.75, 3.05) is 24.4 Å². The van der Waals surface area contributed by atoms with Gasteiger partial charge in [0.15, 0.2) is 0 Å². The molecule has 0 bridgehead atoms. The molecular weight excluding hydrogens is 402 g/mol. The number of aromatic nitrogens is 1. The highest BCUT2D eigenvalue weighted by Crippen LogP contribution is 2.33. The zero-order valence-electron chi connectivity index (χ0n) is 17.3. The van der Waals surface area contributed by atoms with Crippen molar-refractivity contribution in [3.05, 3.63) is 53.7 Å². The third-order valence-corrected chi connectivity index (χ3v) is 7.98. The standard InChI is InChI=1S/C22H27N3O4S/c1-16-4-3-5-17(14-16)22(26)25-12-10-19(11-13-25)29-21-9-6-18(15-23-21)24(2)30(27,28)20-7-8-20/h3-6,9,14-15,19-20H,7-8,10-13H2,1-2H3. The van der Waals surface area contributed by atoms with Crippen LogP contribution in [0.15, 0.2) is 42.6 Å². The van der Waals surface area contributed by atoms with Gasteiger partial charge in [-0.2, -0.15) is 0 Å². The minimum Gasteiger partial charge on any atom is -0.474 e. The predicted octanol–water partition coefficient (Wildman–Crippen LogP) is 3.00. The number of rotatable bonds is 6. The number of carbonyl (C=O) groups excluding carboxylic acids is 1. The van der Waals surface area contributed by atoms with E-state index < -0.39 is 10.0 Å². The van der Waals surface area contributed by atoms with Crippen LogP contribution in [0.25, 0.3) is 0 Å². The Hall–Kier alpha value is -2.61. The van der Waals surface area contributed by atoms with Gasteiger partial charge in [0.25, 0.3) is 5.91 Å². The molecule has 0 N–H and O–H groups in total. The molecule has 1 saturated heterocycles. The normalized spacial score (nSPS) is 17.6. The third kappa shape index (κ3) is 4.43. The van der Waals surface area contributed by atoms with Gasteiger partial charge in [0.1, 0.15) is 6.10 Å². The number of hydrogen-bond acceptors (Lipinski definition) is 5. The monoisotopic (exact) mass is 429 g/mol. The summed E-state index contributed by atoms with van der Waals surface area (Å²) in [5.41, 5.74) is 2.33. The van der Waals surface area contributed by atoms with Gasteiger partial charge in [-0.15, -0.1) is 0 Å². The fourth-order valence-corrected chi connectivity index (χ4v) is 5.25. The molecule has 1 aliphatic carbocycles. The van der Waals surface area contributed by atoms with E-state index >= 15 is 0 Å². The minimum atomic E-state index is -3.28. The number of ether oxygens (including phenoxy) is 1. The Kier molecular flexibility index (Phi) is 5.69. The number of pyridine rings is 1. The van der Waals surface area contributed by atoms with E-state index in [9.17, 15) is 13.2 Å². The molecule has 0 spiro atoms. The second-order valence-electron chi connectivity index (χ2n) is 8.05. The lowest BCUT2D eigenvalue weighted by atomic mass is 10.1. The van der Waals surface area contributed by atoms with Crippen LogP contribution in [0.2, 0.25) is 0 Å². The molecular formula is C22H27N3O4S. The number of carbonyl (C=O) groups is 1. The largest absolute Gasteiger partial charge is 0.474 e. The molecule has 160 valence electrons. The summed E-state index contributed by atoms with van der Waals surface area (Å²) in [6.45, 7) is 3.25. The van der Waals surface area contributed by atoms with Crippen molar-refractivity contribution in [3.8, 4) is 5.88 Å². The first-order valence-corrected chi connectivity index (χ1v) is 11.8. The Balaban J connectivity index is 1.31. The molecule has 1 aromatic carbocycles. The summed E-state index contributed by atoms with van der Waals surface area (Å²) in [6, 6.07) is 11.1. The van der Waals surface area contributed by atoms with Crippen molar-refractivity contribution in [2.45, 2.75) is 44.0 Å². The van der Waals surface area contributed by atoms with Gasteiger partial charge in [-0.1, -0.05) is 17.7 Å². The topological polar surface area (TPSA) is 79.8 Å². The van der Waals surface area contributed by atoms with Crippen LogP contribution < -0.4 is 9.04 Å². The van der Waals surface area contributed by atoms with Crippen molar-refractivity contribution in [2.24, 2.45) is 0 Å². The Morgan fingerprint density at radius 2 is 1.87 bits per heavy atom. The Bertz CT molecular complexity index is 1010. The van der Waals surface area contributed by atoms with Gasteiger partial charge in [-0.3, -0.25) is 9.10 Å². The predicted molar refractivity (Wildman–Crippen MR) is 115 cm³/mol. The lowest BCUT2D eigenvalue weighted by Crippen LogP contribution is -2.41. The molecule has 2 heterocycles. The molecule has 2 fully saturated rings. The molecule has 2 aromatic rings. The zero-order chi connectivity index (χ0) is 21.3. The third-order valence-electron chi connectivity index (χ3n) is 5.69. The molecule has 4 rings (SSSR count). The minimum absolute atomic E-state index is 0.0159. The maximum atomic E-state index is 12.7. The van der Waals surface area contributed by atoms with E-state index in [0.717, 1.165) is 36.8 Å². The first kappa shape index (κ1) is 20.7. The summed E-state index contributed by atoms with van der Waals surface area (Å²) in [7, 11) is -1.72. The average Bonchev–Trinajstić information content (AvgIpc) is 3.60. The summed E-state index contributed by atoms with van der Waals surface area (Å²) >= 11 is 0. The molecule has 0 unspecified atom stereocenters. The number of sulfonamides is 1. The Morgan fingerprint density at radius 3 is 2.47 bits per heavy atom. The quantitative estimate of drug-likeness (QED) is 0.705. The van der Waals surface area contributed by atoms with Crippen molar-refractivity contribution >= 4 is 21.6 Å². The van der Waals surface area contributed by atoms with E-state index in [4.69, 9.17) is 4.74 Å². The van der Waals surface area contributed by atoms with E-state index in [1.54, 1.807) is 19.2 Å². The van der Waals surface area contributed by atoms with Crippen molar-refractivity contribution in [3.63, 3.8) is 0 Å². The number of anilines is 1. The number of aryl methyl sites for hydroxylation is 1. The van der Waals surface area contributed by atoms with Crippen LogP contribution in [0.3, 0.4) is 0 Å². The summed E-state index contributed by atoms with van der Waals surface area (Å²) in [5, 5.41) is -0.258. The summed E-state index contributed by atoms with van der Waals surface area (Å²) < 4.78 is 31.9. The number of nitrogens with zero attached hydrogens (tertiary/aromatic N) is 3. The number of hydrogen-bond donors (Lipinski definition) is 0. The molecule has 0 atom stereocenters. The molecule has 1 amide bonds. The highest BCUT2D eigenvalue weighted by atomic mass is 32.2. The Morgan fingerprint density at radius 1 is 1.13 bits per heavy atom. The number of piperidine rings is 1. The van der Waals surface area contributed by atoms with Gasteiger partial charge < -0.3 is 9.64 Å². The van der Waals surface area contributed by atoms with Gasteiger partial charge in [0, 0.05) is 44.6 Å². The van der Waals surface area contributed by atoms with Crippen molar-refractivity contribution in [1.29, 1.82) is 0 Å². The van der Waals surface area contributed by atoms with E-state index in [0.29, 0.717) is 24.7 Å². The SMILES string of the molecule is Cc1cccc(C(=O)N2CCC(Oc3ccc(N(C)S(=O)(=O)C4CC4)cn3)CC2)c1. The van der Waals surface area contributed by atoms with Crippen LogP contribution >= 0.6 is 0 Å². The van der Waals surface area contributed by atoms with E-state index in [1.807, 2.05) is 36.1 Å². The second kappa shape index (κ2) is 8.26. The molecule has 2 aliphatic rings. The molecule has 1 aromatic heterocycles. The van der Waals surface area contributed by atoms with Gasteiger partial charge in [0.2, 0.25) is 15.9 Å². The van der Waals surface area contributed by atoms with Crippen LogP contribution in [0.1, 0.15) is 41.6 Å². The second-order valence-corrected chi connectivity index (χ2v) is 10.3. The average molecular weight is 430 g/mol. The number of likely N-dealkylation sites (tertiary alicyclic amines) is 1. The highest BCUT2D eigenvalue weighted by Gasteiger charge is 2.39. The fourth-order valence-electron chi connectivity index (χ4n) is 3.67. The van der Waals surface area contributed by atoms with Gasteiger partial charge in [-0.25, -0.2) is 13.4 Å². The van der Waals surface area contributed by atoms with Crippen LogP contribution in [0.5, 0.6) is 5.88 Å². The van der Waals surface area contributed by atoms with Crippen LogP contribution in [-0.4, -0.2) is 55.7 Å². The molecule has 8 heteroatoms. The molecule has 30 heavy (non-hydrogen) atoms. The maximum absolute atomic E-state index is 12.7. The molecule has 7 nitrogen and oxygen atoms in total. The Labute approximate surface area is 177 Å². The fraction of sp³-hybridized carbons (Fsp3) is 0.455. The van der Waals surface area contributed by atoms with Gasteiger partial charge in [-0.05, 0) is 38.0 Å². The first-order chi connectivity index (χ1) is 14.3. The van der Waals surface area contributed by atoms with Crippen LogP contribution in [0, 0.1) is 6.92 Å². The smallest absolute Gasteiger partial charge is 0.253 e. The molecule has 0 radical (unpaired) electrons. The van der Waals surface area contributed by atoms with Crippen LogP contribution in [0.4, 0.5) is 5.69 Å². The molecule has 1 saturated carbocycles. The lowest BCUT2D eigenvalue weighted by Gasteiger charge is -2.32. The summed E-state index contributed by atoms with van der Waals surface area (Å²) in [4.78, 5) is 18.8. The first-order valence-electron chi connectivity index (χ1n) is 10.3. The van der Waals surface area contributed by atoms with Crippen LogP contribution in [-0.2, 0) is 10.0 Å². The van der Waals surface area contributed by atoms with Gasteiger partial charge in [0.05, 0.1) is 17.1 Å². The van der Waals surface area contributed by atoms with Crippen molar-refractivity contribution < 1.29 is 17.9 Å². The zero-order valence-corrected chi connectivity index (χ0v) is 18.1. The van der Waals surface area contributed by atoms with E-state index in [-0.39, 0.29) is 17.3 Å². The summed E-state index contributed by atoms with van der Waals surface area (Å²) in [5.74, 6) is 0.527. The maximum Gasteiger partial charge on any atom is 0.253 e.